The van der Waals surface area contributed by atoms with Gasteiger partial charge in [-0.15, -0.1) is 0 Å². The number of alkyl halides is 1. The number of nitrogens with zero attached hydrogens (tertiary/aromatic N) is 1. The summed E-state index contributed by atoms with van der Waals surface area (Å²) in [7, 11) is 0. The zero-order chi connectivity index (χ0) is 11.6. The quantitative estimate of drug-likeness (QED) is 0.795. The third-order valence-electron chi connectivity index (χ3n) is 2.84. The Morgan fingerprint density at radius 1 is 1.50 bits per heavy atom. The Balaban J connectivity index is 2.02. The van der Waals surface area contributed by atoms with Gasteiger partial charge in [0, 0.05) is 10.7 Å². The van der Waals surface area contributed by atoms with Gasteiger partial charge in [-0.2, -0.15) is 5.26 Å². The van der Waals surface area contributed by atoms with Crippen LogP contribution in [0.1, 0.15) is 18.4 Å². The normalized spacial score (nSPS) is 16.6. The SMILES string of the molecule is N#Cc1ccc(OCC2(CBr)CC2)c(F)c1. The van der Waals surface area contributed by atoms with Gasteiger partial charge in [0.2, 0.25) is 0 Å². The minimum absolute atomic E-state index is 0.195. The van der Waals surface area contributed by atoms with Crippen LogP contribution in [0.4, 0.5) is 4.39 Å². The van der Waals surface area contributed by atoms with Crippen LogP contribution in [0.3, 0.4) is 0 Å². The summed E-state index contributed by atoms with van der Waals surface area (Å²) in [6, 6.07) is 6.16. The summed E-state index contributed by atoms with van der Waals surface area (Å²) in [4.78, 5) is 0. The summed E-state index contributed by atoms with van der Waals surface area (Å²) in [5.74, 6) is -0.240. The molecule has 4 heteroatoms. The van der Waals surface area contributed by atoms with Crippen LogP contribution >= 0.6 is 15.9 Å². The first-order valence-electron chi connectivity index (χ1n) is 5.07. The summed E-state index contributed by atoms with van der Waals surface area (Å²) in [5, 5.41) is 9.48. The van der Waals surface area contributed by atoms with Gasteiger partial charge in [0.1, 0.15) is 0 Å². The van der Waals surface area contributed by atoms with Gasteiger partial charge in [0.25, 0.3) is 0 Å². The van der Waals surface area contributed by atoms with E-state index in [-0.39, 0.29) is 11.2 Å². The van der Waals surface area contributed by atoms with E-state index in [1.165, 1.54) is 12.1 Å². The molecule has 2 rings (SSSR count). The standard InChI is InChI=1S/C12H11BrFNO/c13-7-12(3-4-12)8-16-11-2-1-9(6-15)5-10(11)14/h1-2,5H,3-4,7-8H2. The zero-order valence-electron chi connectivity index (χ0n) is 8.67. The molecule has 0 amide bonds. The molecule has 1 aromatic carbocycles. The van der Waals surface area contributed by atoms with Crippen LogP contribution in [0.15, 0.2) is 18.2 Å². The molecule has 2 nitrogen and oxygen atoms in total. The summed E-state index contributed by atoms with van der Waals surface area (Å²) in [6.07, 6.45) is 2.24. The minimum Gasteiger partial charge on any atom is -0.490 e. The highest BCUT2D eigenvalue weighted by molar-refractivity contribution is 9.09. The Hall–Kier alpha value is -1.08. The monoisotopic (exact) mass is 283 g/mol. The molecule has 0 unspecified atom stereocenters. The molecule has 0 aromatic heterocycles. The van der Waals surface area contributed by atoms with Crippen LogP contribution in [-0.2, 0) is 0 Å². The van der Waals surface area contributed by atoms with Crippen LogP contribution < -0.4 is 4.74 Å². The average Bonchev–Trinajstić information content (AvgIpc) is 3.08. The molecule has 16 heavy (non-hydrogen) atoms. The average molecular weight is 284 g/mol. The number of halogens is 2. The maximum Gasteiger partial charge on any atom is 0.166 e. The smallest absolute Gasteiger partial charge is 0.166 e. The lowest BCUT2D eigenvalue weighted by Crippen LogP contribution is -2.14. The molecule has 1 saturated carbocycles. The van der Waals surface area contributed by atoms with Gasteiger partial charge < -0.3 is 4.74 Å². The predicted molar refractivity (Wildman–Crippen MR) is 62.1 cm³/mol. The lowest BCUT2D eigenvalue weighted by atomic mass is 10.2. The summed E-state index contributed by atoms with van der Waals surface area (Å²) >= 11 is 3.43. The summed E-state index contributed by atoms with van der Waals surface area (Å²) < 4.78 is 18.9. The highest BCUT2D eigenvalue weighted by Crippen LogP contribution is 2.47. The number of nitriles is 1. The van der Waals surface area contributed by atoms with Gasteiger partial charge >= 0.3 is 0 Å². The van der Waals surface area contributed by atoms with E-state index >= 15 is 0 Å². The number of benzene rings is 1. The van der Waals surface area contributed by atoms with E-state index in [0.717, 1.165) is 18.2 Å². The third-order valence-corrected chi connectivity index (χ3v) is 4.02. The molecule has 0 spiro atoms. The second-order valence-electron chi connectivity index (χ2n) is 4.18. The maximum absolute atomic E-state index is 13.4. The molecule has 0 heterocycles. The summed E-state index contributed by atoms with van der Waals surface area (Å²) in [6.45, 7) is 0.529. The van der Waals surface area contributed by atoms with Crippen molar-refractivity contribution in [2.75, 3.05) is 11.9 Å². The van der Waals surface area contributed by atoms with Crippen molar-refractivity contribution in [3.63, 3.8) is 0 Å². The van der Waals surface area contributed by atoms with E-state index in [4.69, 9.17) is 10.00 Å². The number of hydrogen-bond donors (Lipinski definition) is 0. The molecule has 0 atom stereocenters. The molecule has 1 aliphatic rings. The van der Waals surface area contributed by atoms with Crippen LogP contribution in [0, 0.1) is 22.6 Å². The Labute approximate surface area is 102 Å². The van der Waals surface area contributed by atoms with Crippen LogP contribution in [0.5, 0.6) is 5.75 Å². The first-order chi connectivity index (χ1) is 7.69. The molecule has 0 saturated heterocycles. The van der Waals surface area contributed by atoms with E-state index in [9.17, 15) is 4.39 Å². The third kappa shape index (κ3) is 2.35. The van der Waals surface area contributed by atoms with Crippen molar-refractivity contribution in [2.24, 2.45) is 5.41 Å². The molecular weight excluding hydrogens is 273 g/mol. The first-order valence-corrected chi connectivity index (χ1v) is 6.20. The maximum atomic E-state index is 13.4. The Morgan fingerprint density at radius 3 is 2.75 bits per heavy atom. The van der Waals surface area contributed by atoms with Crippen molar-refractivity contribution in [3.05, 3.63) is 29.6 Å². The topological polar surface area (TPSA) is 33.0 Å². The Bertz CT molecular complexity index is 437. The van der Waals surface area contributed by atoms with E-state index in [1.54, 1.807) is 6.07 Å². The second-order valence-corrected chi connectivity index (χ2v) is 4.74. The molecule has 1 aromatic rings. The van der Waals surface area contributed by atoms with Gasteiger partial charge in [0.05, 0.1) is 18.2 Å². The highest BCUT2D eigenvalue weighted by Gasteiger charge is 2.42. The van der Waals surface area contributed by atoms with Crippen LogP contribution in [-0.4, -0.2) is 11.9 Å². The molecule has 1 aliphatic carbocycles. The lowest BCUT2D eigenvalue weighted by molar-refractivity contribution is 0.241. The minimum atomic E-state index is -0.468. The zero-order valence-corrected chi connectivity index (χ0v) is 10.3. The fraction of sp³-hybridized carbons (Fsp3) is 0.417. The molecule has 0 bridgehead atoms. The fourth-order valence-corrected chi connectivity index (χ4v) is 2.13. The van der Waals surface area contributed by atoms with Crippen molar-refractivity contribution in [1.29, 1.82) is 5.26 Å². The van der Waals surface area contributed by atoms with Crippen molar-refractivity contribution >= 4 is 15.9 Å². The van der Waals surface area contributed by atoms with E-state index in [1.807, 2.05) is 6.07 Å². The van der Waals surface area contributed by atoms with Gasteiger partial charge in [-0.1, -0.05) is 15.9 Å². The Kier molecular flexibility index (Phi) is 3.15. The molecule has 0 aliphatic heterocycles. The van der Waals surface area contributed by atoms with Crippen LogP contribution in [0.25, 0.3) is 0 Å². The molecule has 84 valence electrons. The van der Waals surface area contributed by atoms with Gasteiger partial charge in [0.15, 0.2) is 11.6 Å². The van der Waals surface area contributed by atoms with Crippen molar-refractivity contribution in [1.82, 2.24) is 0 Å². The van der Waals surface area contributed by atoms with Crippen LogP contribution in [0.2, 0.25) is 0 Å². The van der Waals surface area contributed by atoms with Crippen molar-refractivity contribution in [2.45, 2.75) is 12.8 Å². The second kappa shape index (κ2) is 4.42. The van der Waals surface area contributed by atoms with Gasteiger partial charge in [-0.25, -0.2) is 4.39 Å². The molecule has 0 N–H and O–H groups in total. The van der Waals surface area contributed by atoms with Gasteiger partial charge in [-0.3, -0.25) is 0 Å². The summed E-state index contributed by atoms with van der Waals surface area (Å²) in [5.41, 5.74) is 0.506. The lowest BCUT2D eigenvalue weighted by Gasteiger charge is -2.13. The predicted octanol–water partition coefficient (Wildman–Crippen LogP) is 3.25. The van der Waals surface area contributed by atoms with Gasteiger partial charge in [-0.05, 0) is 31.0 Å². The fourth-order valence-electron chi connectivity index (χ4n) is 1.41. The van der Waals surface area contributed by atoms with Crippen molar-refractivity contribution in [3.8, 4) is 11.8 Å². The number of rotatable bonds is 4. The molecule has 1 fully saturated rings. The highest BCUT2D eigenvalue weighted by atomic mass is 79.9. The van der Waals surface area contributed by atoms with Crippen molar-refractivity contribution < 1.29 is 9.13 Å². The largest absolute Gasteiger partial charge is 0.490 e. The first kappa shape index (κ1) is 11.4. The molecule has 0 radical (unpaired) electrons. The van der Waals surface area contributed by atoms with E-state index in [0.29, 0.717) is 12.2 Å². The number of hydrogen-bond acceptors (Lipinski definition) is 2. The molecular formula is C12H11BrFNO. The van der Waals surface area contributed by atoms with E-state index < -0.39 is 5.82 Å². The number of ether oxygens (including phenoxy) is 1. The Morgan fingerprint density at radius 2 is 2.25 bits per heavy atom. The van der Waals surface area contributed by atoms with E-state index in [2.05, 4.69) is 15.9 Å².